The van der Waals surface area contributed by atoms with E-state index in [2.05, 4.69) is 20.5 Å². The molecular formula is C9H11ClN6O. The van der Waals surface area contributed by atoms with E-state index in [-0.39, 0.29) is 5.82 Å². The Balaban J connectivity index is 2.27. The molecule has 90 valence electrons. The Morgan fingerprint density at radius 2 is 2.24 bits per heavy atom. The number of anilines is 3. The second kappa shape index (κ2) is 4.58. The summed E-state index contributed by atoms with van der Waals surface area (Å²) >= 11 is 5.66. The molecule has 0 saturated carbocycles. The predicted molar refractivity (Wildman–Crippen MR) is 64.7 cm³/mol. The van der Waals surface area contributed by atoms with E-state index in [1.807, 2.05) is 0 Å². The smallest absolute Gasteiger partial charge is 0.161 e. The average molecular weight is 255 g/mol. The van der Waals surface area contributed by atoms with Gasteiger partial charge in [-0.2, -0.15) is 5.10 Å². The number of halogens is 1. The Morgan fingerprint density at radius 3 is 2.82 bits per heavy atom. The van der Waals surface area contributed by atoms with Crippen LogP contribution in [0.4, 0.5) is 17.3 Å². The molecule has 17 heavy (non-hydrogen) atoms. The highest BCUT2D eigenvalue weighted by Crippen LogP contribution is 2.26. The van der Waals surface area contributed by atoms with Crippen LogP contribution in [0.2, 0.25) is 5.15 Å². The highest BCUT2D eigenvalue weighted by atomic mass is 35.5. The molecule has 2 aromatic rings. The van der Waals surface area contributed by atoms with Crippen molar-refractivity contribution in [2.45, 2.75) is 6.23 Å². The fourth-order valence-electron chi connectivity index (χ4n) is 1.35. The average Bonchev–Trinajstić information content (AvgIpc) is 2.63. The van der Waals surface area contributed by atoms with Gasteiger partial charge in [0.25, 0.3) is 0 Å². The van der Waals surface area contributed by atoms with Crippen molar-refractivity contribution < 1.29 is 5.11 Å². The van der Waals surface area contributed by atoms with Gasteiger partial charge in [0.15, 0.2) is 5.82 Å². The lowest BCUT2D eigenvalue weighted by molar-refractivity contribution is 0.188. The molecular weight excluding hydrogens is 244 g/mol. The van der Waals surface area contributed by atoms with Crippen LogP contribution in [0, 0.1) is 0 Å². The van der Waals surface area contributed by atoms with E-state index >= 15 is 0 Å². The van der Waals surface area contributed by atoms with Gasteiger partial charge in [-0.1, -0.05) is 11.6 Å². The molecule has 0 aliphatic heterocycles. The zero-order chi connectivity index (χ0) is 12.4. The first-order valence-corrected chi connectivity index (χ1v) is 5.11. The normalized spacial score (nSPS) is 12.4. The van der Waals surface area contributed by atoms with E-state index < -0.39 is 6.23 Å². The number of rotatable bonds is 3. The maximum absolute atomic E-state index is 9.36. The summed E-state index contributed by atoms with van der Waals surface area (Å²) in [5.41, 5.74) is 11.9. The molecule has 2 aromatic heterocycles. The fraction of sp³-hybridized carbons (Fsp3) is 0.111. The number of hydrogen-bond acceptors (Lipinski definition) is 6. The molecule has 0 aromatic carbocycles. The van der Waals surface area contributed by atoms with Gasteiger partial charge in [-0.15, -0.1) is 0 Å². The van der Waals surface area contributed by atoms with E-state index in [0.717, 1.165) is 0 Å². The molecule has 0 fully saturated rings. The molecule has 0 aliphatic carbocycles. The van der Waals surface area contributed by atoms with Gasteiger partial charge < -0.3 is 21.9 Å². The van der Waals surface area contributed by atoms with Crippen LogP contribution in [-0.2, 0) is 0 Å². The summed E-state index contributed by atoms with van der Waals surface area (Å²) in [6.45, 7) is 0. The molecule has 0 radical (unpaired) electrons. The summed E-state index contributed by atoms with van der Waals surface area (Å²) in [6.07, 6.45) is 0.316. The molecule has 0 bridgehead atoms. The van der Waals surface area contributed by atoms with Crippen molar-refractivity contribution in [1.82, 2.24) is 15.2 Å². The lowest BCUT2D eigenvalue weighted by atomic mass is 10.2. The summed E-state index contributed by atoms with van der Waals surface area (Å²) in [4.78, 5) is 3.90. The number of nitrogen functional groups attached to an aromatic ring is 1. The standard InChI is InChI=1S/C9H11ClN6O/c10-5-2-1-4(3-13-5)14-9-6(8(12)17)7(11)15-16-9/h1-3,8,17H,12H2,(H4,11,14,15,16). The zero-order valence-electron chi connectivity index (χ0n) is 8.68. The number of aromatic nitrogens is 3. The molecule has 0 saturated heterocycles. The second-order valence-corrected chi connectivity index (χ2v) is 3.73. The monoisotopic (exact) mass is 254 g/mol. The molecule has 2 rings (SSSR count). The largest absolute Gasteiger partial charge is 0.384 e. The number of hydrogen-bond donors (Lipinski definition) is 5. The molecule has 0 amide bonds. The molecule has 1 unspecified atom stereocenters. The molecule has 7 N–H and O–H groups in total. The summed E-state index contributed by atoms with van der Waals surface area (Å²) in [5.74, 6) is 0.561. The van der Waals surface area contributed by atoms with E-state index in [1.165, 1.54) is 6.20 Å². The topological polar surface area (TPSA) is 126 Å². The number of aromatic amines is 1. The summed E-state index contributed by atoms with van der Waals surface area (Å²) in [7, 11) is 0. The third-order valence-electron chi connectivity index (χ3n) is 2.12. The third-order valence-corrected chi connectivity index (χ3v) is 2.34. The number of nitrogens with one attached hydrogen (secondary N) is 2. The number of nitrogens with two attached hydrogens (primary N) is 2. The Labute approximate surface area is 102 Å². The summed E-state index contributed by atoms with van der Waals surface area (Å²) < 4.78 is 0. The minimum atomic E-state index is -1.21. The zero-order valence-corrected chi connectivity index (χ0v) is 9.44. The maximum atomic E-state index is 9.36. The van der Waals surface area contributed by atoms with Crippen LogP contribution in [0.3, 0.4) is 0 Å². The second-order valence-electron chi connectivity index (χ2n) is 3.34. The SMILES string of the molecule is Nc1[nH]nc(Nc2ccc(Cl)nc2)c1C(N)O. The summed E-state index contributed by atoms with van der Waals surface area (Å²) in [5, 5.41) is 19.1. The van der Waals surface area contributed by atoms with Gasteiger partial charge >= 0.3 is 0 Å². The molecule has 0 aliphatic rings. The first-order valence-electron chi connectivity index (χ1n) is 4.74. The van der Waals surface area contributed by atoms with Crippen LogP contribution in [0.5, 0.6) is 0 Å². The number of H-pyrrole nitrogens is 1. The van der Waals surface area contributed by atoms with Crippen molar-refractivity contribution in [1.29, 1.82) is 0 Å². The van der Waals surface area contributed by atoms with Gasteiger partial charge in [0.1, 0.15) is 17.2 Å². The van der Waals surface area contributed by atoms with Gasteiger partial charge in [0, 0.05) is 0 Å². The molecule has 1 atom stereocenters. The van der Waals surface area contributed by atoms with Gasteiger partial charge in [-0.3, -0.25) is 5.10 Å². The van der Waals surface area contributed by atoms with E-state index in [4.69, 9.17) is 23.1 Å². The number of aliphatic hydroxyl groups excluding tert-OH is 1. The van der Waals surface area contributed by atoms with Gasteiger partial charge in [0.05, 0.1) is 17.4 Å². The molecule has 8 heteroatoms. The van der Waals surface area contributed by atoms with Crippen molar-refractivity contribution in [2.24, 2.45) is 5.73 Å². The highest BCUT2D eigenvalue weighted by molar-refractivity contribution is 6.29. The van der Waals surface area contributed by atoms with Crippen LogP contribution in [0.1, 0.15) is 11.8 Å². The predicted octanol–water partition coefficient (Wildman–Crippen LogP) is 0.733. The van der Waals surface area contributed by atoms with Crippen LogP contribution in [0.15, 0.2) is 18.3 Å². The van der Waals surface area contributed by atoms with Crippen LogP contribution in [0.25, 0.3) is 0 Å². The minimum absolute atomic E-state index is 0.212. The number of pyridine rings is 1. The van der Waals surface area contributed by atoms with Crippen molar-refractivity contribution in [3.8, 4) is 0 Å². The van der Waals surface area contributed by atoms with Crippen LogP contribution in [-0.4, -0.2) is 20.3 Å². The van der Waals surface area contributed by atoms with Crippen molar-refractivity contribution >= 4 is 28.9 Å². The first-order chi connectivity index (χ1) is 8.08. The van der Waals surface area contributed by atoms with E-state index in [1.54, 1.807) is 12.1 Å². The van der Waals surface area contributed by atoms with Crippen molar-refractivity contribution in [3.05, 3.63) is 29.0 Å². The Hall–Kier alpha value is -1.83. The van der Waals surface area contributed by atoms with Gasteiger partial charge in [-0.25, -0.2) is 4.98 Å². The maximum Gasteiger partial charge on any atom is 0.161 e. The van der Waals surface area contributed by atoms with Gasteiger partial charge in [0.2, 0.25) is 0 Å². The number of nitrogens with zero attached hydrogens (tertiary/aromatic N) is 2. The van der Waals surface area contributed by atoms with E-state index in [0.29, 0.717) is 22.2 Å². The third kappa shape index (κ3) is 2.47. The Kier molecular flexibility index (Phi) is 3.14. The Morgan fingerprint density at radius 1 is 1.47 bits per heavy atom. The minimum Gasteiger partial charge on any atom is -0.384 e. The Bertz CT molecular complexity index is 509. The van der Waals surface area contributed by atoms with E-state index in [9.17, 15) is 5.11 Å². The lowest BCUT2D eigenvalue weighted by Crippen LogP contribution is -2.11. The van der Waals surface area contributed by atoms with Crippen molar-refractivity contribution in [3.63, 3.8) is 0 Å². The molecule has 2 heterocycles. The van der Waals surface area contributed by atoms with Crippen molar-refractivity contribution in [2.75, 3.05) is 11.1 Å². The molecule has 0 spiro atoms. The van der Waals surface area contributed by atoms with Crippen LogP contribution >= 0.6 is 11.6 Å². The van der Waals surface area contributed by atoms with Gasteiger partial charge in [-0.05, 0) is 12.1 Å². The van der Waals surface area contributed by atoms with Crippen LogP contribution < -0.4 is 16.8 Å². The molecule has 7 nitrogen and oxygen atoms in total. The first kappa shape index (κ1) is 11.6. The highest BCUT2D eigenvalue weighted by Gasteiger charge is 2.16. The number of aliphatic hydroxyl groups is 1. The summed E-state index contributed by atoms with van der Waals surface area (Å²) in [6, 6.07) is 3.34. The lowest BCUT2D eigenvalue weighted by Gasteiger charge is -2.08. The quantitative estimate of drug-likeness (QED) is 0.406. The fourth-order valence-corrected chi connectivity index (χ4v) is 1.46.